The number of hydrogen-bond donors (Lipinski definition) is 1. The van der Waals surface area contributed by atoms with Gasteiger partial charge in [0.2, 0.25) is 0 Å². The van der Waals surface area contributed by atoms with Gasteiger partial charge in [-0.1, -0.05) is 29.8 Å². The number of carbonyl (C=O) groups is 2. The first-order valence-corrected chi connectivity index (χ1v) is 8.93. The summed E-state index contributed by atoms with van der Waals surface area (Å²) in [5.74, 6) is -1.12. The highest BCUT2D eigenvalue weighted by atomic mass is 35.5. The van der Waals surface area contributed by atoms with Crippen molar-refractivity contribution < 1.29 is 14.3 Å². The van der Waals surface area contributed by atoms with Crippen molar-refractivity contribution in [3.8, 4) is 11.8 Å². The highest BCUT2D eigenvalue weighted by Crippen LogP contribution is 2.39. The van der Waals surface area contributed by atoms with Crippen LogP contribution in [-0.4, -0.2) is 33.8 Å². The van der Waals surface area contributed by atoms with Crippen LogP contribution >= 0.6 is 11.6 Å². The molecule has 0 aliphatic heterocycles. The zero-order valence-electron chi connectivity index (χ0n) is 15.0. The van der Waals surface area contributed by atoms with E-state index in [4.69, 9.17) is 16.3 Å². The third-order valence-electron chi connectivity index (χ3n) is 4.57. The molecule has 1 atom stereocenters. The standard InChI is InChI=1S/C19H19ClN4O3/c1-12-16(17(20)24(23-12)14-6-4-3-5-7-14)18(26)27-10-15(25)22-19(2,11-21)13-8-9-13/h3-7,13H,8-10H2,1-2H3,(H,22,25)/t19-/m1/s1. The van der Waals surface area contributed by atoms with Crippen LogP contribution in [0, 0.1) is 24.2 Å². The smallest absolute Gasteiger partial charge is 0.343 e. The van der Waals surface area contributed by atoms with Crippen LogP contribution in [-0.2, 0) is 9.53 Å². The molecule has 3 rings (SSSR count). The van der Waals surface area contributed by atoms with E-state index in [1.807, 2.05) is 30.3 Å². The average Bonchev–Trinajstić information content (AvgIpc) is 3.47. The van der Waals surface area contributed by atoms with Crippen LogP contribution in [0.5, 0.6) is 0 Å². The zero-order chi connectivity index (χ0) is 19.6. The van der Waals surface area contributed by atoms with E-state index in [1.165, 1.54) is 4.68 Å². The first kappa shape index (κ1) is 18.9. The molecule has 0 radical (unpaired) electrons. The topological polar surface area (TPSA) is 97.0 Å². The Morgan fingerprint density at radius 3 is 2.67 bits per heavy atom. The molecule has 27 heavy (non-hydrogen) atoms. The number of para-hydroxylation sites is 1. The largest absolute Gasteiger partial charge is 0.452 e. The van der Waals surface area contributed by atoms with Crippen molar-refractivity contribution in [3.63, 3.8) is 0 Å². The summed E-state index contributed by atoms with van der Waals surface area (Å²) in [6.45, 7) is 2.83. The molecule has 0 spiro atoms. The van der Waals surface area contributed by atoms with E-state index in [-0.39, 0.29) is 16.6 Å². The van der Waals surface area contributed by atoms with E-state index in [1.54, 1.807) is 13.8 Å². The zero-order valence-corrected chi connectivity index (χ0v) is 15.8. The molecule has 0 bridgehead atoms. The number of benzene rings is 1. The number of amides is 1. The predicted octanol–water partition coefficient (Wildman–Crippen LogP) is 2.80. The Hall–Kier alpha value is -2.85. The number of halogens is 1. The number of hydrogen-bond acceptors (Lipinski definition) is 5. The van der Waals surface area contributed by atoms with E-state index in [0.29, 0.717) is 11.4 Å². The van der Waals surface area contributed by atoms with E-state index < -0.39 is 24.0 Å². The van der Waals surface area contributed by atoms with Gasteiger partial charge in [0.15, 0.2) is 6.61 Å². The summed E-state index contributed by atoms with van der Waals surface area (Å²) in [5, 5.41) is 16.3. The molecule has 1 heterocycles. The van der Waals surface area contributed by atoms with E-state index in [0.717, 1.165) is 12.8 Å². The molecule has 1 N–H and O–H groups in total. The molecule has 1 fully saturated rings. The van der Waals surface area contributed by atoms with Gasteiger partial charge in [-0.2, -0.15) is 10.4 Å². The molecule has 7 nitrogen and oxygen atoms in total. The lowest BCUT2D eigenvalue weighted by atomic mass is 9.98. The predicted molar refractivity (Wildman–Crippen MR) is 98.5 cm³/mol. The summed E-state index contributed by atoms with van der Waals surface area (Å²) in [5.41, 5.74) is 0.277. The number of nitrogens with zero attached hydrogens (tertiary/aromatic N) is 3. The Bertz CT molecular complexity index is 915. The molecule has 140 valence electrons. The highest BCUT2D eigenvalue weighted by Gasteiger charge is 2.43. The molecule has 1 amide bonds. The van der Waals surface area contributed by atoms with Crippen molar-refractivity contribution in [2.75, 3.05) is 6.61 Å². The second-order valence-electron chi connectivity index (χ2n) is 6.71. The highest BCUT2D eigenvalue weighted by molar-refractivity contribution is 6.33. The first-order chi connectivity index (χ1) is 12.9. The Balaban J connectivity index is 1.67. The normalized spacial score (nSPS) is 15.5. The van der Waals surface area contributed by atoms with Gasteiger partial charge in [-0.25, -0.2) is 9.48 Å². The number of aryl methyl sites for hydroxylation is 1. The van der Waals surface area contributed by atoms with Gasteiger partial charge in [-0.3, -0.25) is 4.79 Å². The van der Waals surface area contributed by atoms with Crippen LogP contribution in [0.25, 0.3) is 5.69 Å². The summed E-state index contributed by atoms with van der Waals surface area (Å²) >= 11 is 6.31. The van der Waals surface area contributed by atoms with Gasteiger partial charge in [-0.15, -0.1) is 0 Å². The molecular weight excluding hydrogens is 368 g/mol. The molecule has 8 heteroatoms. The van der Waals surface area contributed by atoms with Gasteiger partial charge in [0.25, 0.3) is 5.91 Å². The molecule has 1 saturated carbocycles. The summed E-state index contributed by atoms with van der Waals surface area (Å²) in [7, 11) is 0. The van der Waals surface area contributed by atoms with Gasteiger partial charge in [0.1, 0.15) is 16.3 Å². The number of nitrogens with one attached hydrogen (secondary N) is 1. The minimum Gasteiger partial charge on any atom is -0.452 e. The third kappa shape index (κ3) is 3.96. The number of rotatable bonds is 6. The van der Waals surface area contributed by atoms with Crippen molar-refractivity contribution in [3.05, 3.63) is 46.7 Å². The molecule has 2 aromatic rings. The van der Waals surface area contributed by atoms with E-state index >= 15 is 0 Å². The Morgan fingerprint density at radius 2 is 2.07 bits per heavy atom. The number of nitriles is 1. The maximum absolute atomic E-state index is 12.4. The van der Waals surface area contributed by atoms with Crippen LogP contribution in [0.4, 0.5) is 0 Å². The van der Waals surface area contributed by atoms with Crippen LogP contribution in [0.3, 0.4) is 0 Å². The Morgan fingerprint density at radius 1 is 1.41 bits per heavy atom. The SMILES string of the molecule is Cc1nn(-c2ccccc2)c(Cl)c1C(=O)OCC(=O)N[C@](C)(C#N)C1CC1. The lowest BCUT2D eigenvalue weighted by molar-refractivity contribution is -0.125. The number of aromatic nitrogens is 2. The van der Waals surface area contributed by atoms with Gasteiger partial charge in [-0.05, 0) is 44.7 Å². The molecule has 0 saturated heterocycles. The summed E-state index contributed by atoms with van der Waals surface area (Å²) in [6, 6.07) is 11.3. The van der Waals surface area contributed by atoms with Gasteiger partial charge in [0.05, 0.1) is 17.5 Å². The summed E-state index contributed by atoms with van der Waals surface area (Å²) in [6.07, 6.45) is 1.80. The summed E-state index contributed by atoms with van der Waals surface area (Å²) < 4.78 is 6.53. The lowest BCUT2D eigenvalue weighted by Gasteiger charge is -2.22. The second-order valence-corrected chi connectivity index (χ2v) is 7.07. The average molecular weight is 387 g/mol. The second kappa shape index (κ2) is 7.41. The minimum atomic E-state index is -0.935. The number of esters is 1. The van der Waals surface area contributed by atoms with Crippen molar-refractivity contribution in [2.24, 2.45) is 5.92 Å². The summed E-state index contributed by atoms with van der Waals surface area (Å²) in [4.78, 5) is 24.5. The van der Waals surface area contributed by atoms with Gasteiger partial charge in [0, 0.05) is 0 Å². The fourth-order valence-corrected chi connectivity index (χ4v) is 3.23. The number of ether oxygens (including phenoxy) is 1. The monoisotopic (exact) mass is 386 g/mol. The molecule has 1 aromatic heterocycles. The van der Waals surface area contributed by atoms with Crippen LogP contribution < -0.4 is 5.32 Å². The maximum atomic E-state index is 12.4. The van der Waals surface area contributed by atoms with Crippen LogP contribution in [0.2, 0.25) is 5.15 Å². The van der Waals surface area contributed by atoms with Crippen LogP contribution in [0.15, 0.2) is 30.3 Å². The maximum Gasteiger partial charge on any atom is 0.343 e. The van der Waals surface area contributed by atoms with Gasteiger partial charge < -0.3 is 10.1 Å². The van der Waals surface area contributed by atoms with Crippen molar-refractivity contribution in [2.45, 2.75) is 32.2 Å². The minimum absolute atomic E-state index is 0.110. The molecule has 1 aliphatic rings. The Kier molecular flexibility index (Phi) is 5.19. The van der Waals surface area contributed by atoms with E-state index in [9.17, 15) is 14.9 Å². The van der Waals surface area contributed by atoms with E-state index in [2.05, 4.69) is 16.5 Å². The molecule has 1 aliphatic carbocycles. The fraction of sp³-hybridized carbons (Fsp3) is 0.368. The molecule has 0 unspecified atom stereocenters. The van der Waals surface area contributed by atoms with Crippen molar-refractivity contribution >= 4 is 23.5 Å². The van der Waals surface area contributed by atoms with Crippen molar-refractivity contribution in [1.29, 1.82) is 5.26 Å². The third-order valence-corrected chi connectivity index (χ3v) is 4.92. The van der Waals surface area contributed by atoms with Gasteiger partial charge >= 0.3 is 5.97 Å². The Labute approximate surface area is 161 Å². The van der Waals surface area contributed by atoms with Crippen molar-refractivity contribution in [1.82, 2.24) is 15.1 Å². The number of carbonyl (C=O) groups excluding carboxylic acids is 2. The van der Waals surface area contributed by atoms with Crippen LogP contribution in [0.1, 0.15) is 35.8 Å². The first-order valence-electron chi connectivity index (χ1n) is 8.55. The lowest BCUT2D eigenvalue weighted by Crippen LogP contribution is -2.48. The molecular formula is C19H19ClN4O3. The fourth-order valence-electron chi connectivity index (χ4n) is 2.88. The quantitative estimate of drug-likeness (QED) is 0.770. The molecule has 1 aromatic carbocycles.